The number of amides is 2. The third-order valence-corrected chi connectivity index (χ3v) is 9.36. The molecule has 34 heavy (non-hydrogen) atoms. The molecule has 0 radical (unpaired) electrons. The van der Waals surface area contributed by atoms with Crippen molar-refractivity contribution in [3.63, 3.8) is 0 Å². The van der Waals surface area contributed by atoms with Gasteiger partial charge in [-0.2, -0.15) is 0 Å². The molecule has 0 aromatic heterocycles. The van der Waals surface area contributed by atoms with E-state index in [1.54, 1.807) is 0 Å². The van der Waals surface area contributed by atoms with Gasteiger partial charge >= 0.3 is 11.9 Å². The zero-order chi connectivity index (χ0) is 25.6. The van der Waals surface area contributed by atoms with E-state index in [4.69, 9.17) is 20.5 Å². The third-order valence-electron chi connectivity index (χ3n) is 4.18. The summed E-state index contributed by atoms with van der Waals surface area (Å²) in [7, 11) is 1.33. The van der Waals surface area contributed by atoms with Crippen molar-refractivity contribution in [3.8, 4) is 0 Å². The fourth-order valence-electron chi connectivity index (χ4n) is 2.31. The van der Waals surface area contributed by atoms with Crippen molar-refractivity contribution in [2.24, 2.45) is 5.73 Å². The summed E-state index contributed by atoms with van der Waals surface area (Å²) in [5.41, 5.74) is 6.35. The highest BCUT2D eigenvalue weighted by Gasteiger charge is 2.23. The number of hydrogen-bond donors (Lipinski definition) is 5. The van der Waals surface area contributed by atoms with E-state index in [1.807, 2.05) is 30.3 Å². The van der Waals surface area contributed by atoms with Gasteiger partial charge in [-0.05, 0) is 17.4 Å². The van der Waals surface area contributed by atoms with Gasteiger partial charge in [-0.1, -0.05) is 41.7 Å². The van der Waals surface area contributed by atoms with Gasteiger partial charge in [-0.15, -0.1) is 11.8 Å². The van der Waals surface area contributed by atoms with E-state index in [-0.39, 0.29) is 18.6 Å². The van der Waals surface area contributed by atoms with Crippen molar-refractivity contribution in [1.29, 1.82) is 0 Å². The van der Waals surface area contributed by atoms with Gasteiger partial charge in [0.2, 0.25) is 11.8 Å². The smallest absolute Gasteiger partial charge is 0.322 e. The molecule has 0 saturated carbocycles. The Labute approximate surface area is 205 Å². The van der Waals surface area contributed by atoms with Crippen molar-refractivity contribution in [3.05, 3.63) is 47.1 Å². The largest absolute Gasteiger partial charge is 0.480 e. The zero-order valence-corrected chi connectivity index (χ0v) is 20.9. The first-order valence-electron chi connectivity index (χ1n) is 9.97. The second-order valence-electron chi connectivity index (χ2n) is 6.81. The van der Waals surface area contributed by atoms with Crippen LogP contribution in [0.1, 0.15) is 18.4 Å². The summed E-state index contributed by atoms with van der Waals surface area (Å²) in [4.78, 5) is 45.9. The van der Waals surface area contributed by atoms with Crippen molar-refractivity contribution in [1.82, 2.24) is 10.6 Å². The Hall–Kier alpha value is -2.31. The third kappa shape index (κ3) is 12.2. The molecule has 0 saturated heterocycles. The number of carbonyl (C=O) groups is 4. The quantitative estimate of drug-likeness (QED) is 0.195. The minimum atomic E-state index is -3.15. The number of hydrogen-bond acceptors (Lipinski definition) is 9. The predicted octanol–water partition coefficient (Wildman–Crippen LogP) is 1.84. The Balaban J connectivity index is 2.69. The lowest BCUT2D eigenvalue weighted by molar-refractivity contribution is -0.139. The summed E-state index contributed by atoms with van der Waals surface area (Å²) in [6.45, 7) is -3.79. The number of carbonyl (C=O) groups excluding carboxylic acids is 2. The highest BCUT2D eigenvalue weighted by Crippen LogP contribution is 2.61. The molecule has 188 valence electrons. The molecule has 1 aromatic carbocycles. The van der Waals surface area contributed by atoms with Crippen LogP contribution in [0.25, 0.3) is 0 Å². The zero-order valence-electron chi connectivity index (χ0n) is 18.4. The van der Waals surface area contributed by atoms with Gasteiger partial charge in [0.15, 0.2) is 0 Å². The van der Waals surface area contributed by atoms with Gasteiger partial charge < -0.3 is 31.1 Å². The minimum absolute atomic E-state index is 0.00570. The number of aliphatic carboxylic acids is 2. The van der Waals surface area contributed by atoms with Crippen molar-refractivity contribution < 1.29 is 38.5 Å². The van der Waals surface area contributed by atoms with Crippen molar-refractivity contribution in [2.45, 2.75) is 30.7 Å². The van der Waals surface area contributed by atoms with Crippen LogP contribution in [0, 0.1) is 0 Å². The average molecular weight is 534 g/mol. The number of nitrogens with one attached hydrogen (secondary N) is 2. The van der Waals surface area contributed by atoms with E-state index >= 15 is 0 Å². The summed E-state index contributed by atoms with van der Waals surface area (Å²) >= 11 is 2.21. The van der Waals surface area contributed by atoms with Gasteiger partial charge in [-0.3, -0.25) is 23.7 Å². The van der Waals surface area contributed by atoms with Crippen LogP contribution in [0.15, 0.2) is 41.6 Å². The molecule has 0 heterocycles. The van der Waals surface area contributed by atoms with Crippen LogP contribution in [0.5, 0.6) is 0 Å². The van der Waals surface area contributed by atoms with E-state index < -0.39 is 49.0 Å². The summed E-state index contributed by atoms with van der Waals surface area (Å²) in [5, 5.41) is 23.7. The molecule has 3 unspecified atom stereocenters. The normalized spacial score (nSPS) is 14.6. The summed E-state index contributed by atoms with van der Waals surface area (Å²) in [6, 6.07) is 7.09. The molecule has 0 fully saturated rings. The SMILES string of the molecule is COP(=O)(/C=C/SCC(NC(=O)CCC(N)C(=O)O)C(=O)NCC(=O)O)SCc1ccccc1. The van der Waals surface area contributed by atoms with Gasteiger partial charge in [0.25, 0.3) is 6.57 Å². The molecule has 2 amide bonds. The van der Waals surface area contributed by atoms with Crippen molar-refractivity contribution in [2.75, 3.05) is 19.4 Å². The van der Waals surface area contributed by atoms with Crippen LogP contribution < -0.4 is 16.4 Å². The highest BCUT2D eigenvalue weighted by atomic mass is 32.7. The Morgan fingerprint density at radius 3 is 2.47 bits per heavy atom. The first-order valence-corrected chi connectivity index (χ1v) is 14.3. The maximum Gasteiger partial charge on any atom is 0.322 e. The standard InChI is InChI=1S/C20H28N3O8PS2/c1-31-32(30,34-12-14-5-3-2-4-6-14)9-10-33-13-16(19(27)22-11-18(25)26)23-17(24)8-7-15(21)20(28)29/h2-6,9-10,15-16H,7-8,11-13,21H2,1H3,(H,22,27)(H,23,24)(H,25,26)(H,28,29)/b10-9+. The lowest BCUT2D eigenvalue weighted by atomic mass is 10.1. The Kier molecular flexibility index (Phi) is 13.6. The molecule has 3 atom stereocenters. The van der Waals surface area contributed by atoms with Crippen LogP contribution in [-0.4, -0.2) is 65.5 Å². The van der Waals surface area contributed by atoms with E-state index in [0.717, 1.165) is 28.7 Å². The maximum absolute atomic E-state index is 12.9. The molecule has 14 heteroatoms. The van der Waals surface area contributed by atoms with Crippen molar-refractivity contribution >= 4 is 53.5 Å². The van der Waals surface area contributed by atoms with E-state index in [0.29, 0.717) is 5.75 Å². The Bertz CT molecular complexity index is 916. The summed E-state index contributed by atoms with van der Waals surface area (Å²) in [6.07, 6.45) is -0.362. The molecular weight excluding hydrogens is 505 g/mol. The molecule has 0 aliphatic carbocycles. The monoisotopic (exact) mass is 533 g/mol. The first kappa shape index (κ1) is 29.7. The molecule has 11 nitrogen and oxygen atoms in total. The maximum atomic E-state index is 12.9. The van der Waals surface area contributed by atoms with Crippen LogP contribution in [-0.2, 0) is 34.0 Å². The van der Waals surface area contributed by atoms with Gasteiger partial charge in [0.1, 0.15) is 18.6 Å². The molecule has 1 aromatic rings. The van der Waals surface area contributed by atoms with Crippen LogP contribution in [0.4, 0.5) is 0 Å². The van der Waals surface area contributed by atoms with E-state index in [9.17, 15) is 23.7 Å². The summed E-state index contributed by atoms with van der Waals surface area (Å²) < 4.78 is 18.0. The van der Waals surface area contributed by atoms with Crippen LogP contribution in [0.2, 0.25) is 0 Å². The molecule has 0 spiro atoms. The van der Waals surface area contributed by atoms with Crippen LogP contribution >= 0.6 is 29.7 Å². The number of carboxylic acids is 2. The Morgan fingerprint density at radius 2 is 1.88 bits per heavy atom. The Morgan fingerprint density at radius 1 is 1.21 bits per heavy atom. The predicted molar refractivity (Wildman–Crippen MR) is 131 cm³/mol. The molecule has 1 rings (SSSR count). The molecule has 0 aliphatic rings. The van der Waals surface area contributed by atoms with E-state index in [2.05, 4.69) is 10.6 Å². The molecule has 0 aliphatic heterocycles. The van der Waals surface area contributed by atoms with Gasteiger partial charge in [0.05, 0.1) is 0 Å². The molecular formula is C20H28N3O8PS2. The second-order valence-corrected chi connectivity index (χ2v) is 12.3. The number of rotatable bonds is 16. The lowest BCUT2D eigenvalue weighted by Gasteiger charge is -2.17. The second kappa shape index (κ2) is 15.6. The van der Waals surface area contributed by atoms with E-state index in [1.165, 1.54) is 18.3 Å². The topological polar surface area (TPSA) is 185 Å². The first-order chi connectivity index (χ1) is 16.1. The number of nitrogens with two attached hydrogens (primary N) is 1. The van der Waals surface area contributed by atoms with Crippen LogP contribution in [0.3, 0.4) is 0 Å². The number of carboxylic acid groups (broad SMARTS) is 2. The molecule has 0 bridgehead atoms. The number of thioether (sulfide) groups is 1. The minimum Gasteiger partial charge on any atom is -0.480 e. The van der Waals surface area contributed by atoms with Gasteiger partial charge in [0, 0.05) is 30.9 Å². The lowest BCUT2D eigenvalue weighted by Crippen LogP contribution is -2.49. The fourth-order valence-corrected chi connectivity index (χ4v) is 6.63. The average Bonchev–Trinajstić information content (AvgIpc) is 2.82. The fraction of sp³-hybridized carbons (Fsp3) is 0.400. The highest BCUT2D eigenvalue weighted by molar-refractivity contribution is 8.57. The summed E-state index contributed by atoms with van der Waals surface area (Å²) in [5.74, 6) is -1.98. The number of benzene rings is 1. The molecule has 6 N–H and O–H groups in total. The van der Waals surface area contributed by atoms with Gasteiger partial charge in [-0.25, -0.2) is 0 Å².